The Morgan fingerprint density at radius 3 is 1.79 bits per heavy atom. The summed E-state index contributed by atoms with van der Waals surface area (Å²) in [6, 6.07) is 1.39. The topological polar surface area (TPSA) is 38.8 Å². The van der Waals surface area contributed by atoms with E-state index in [9.17, 15) is 4.57 Å². The van der Waals surface area contributed by atoms with Gasteiger partial charge in [0.2, 0.25) is 0 Å². The van der Waals surface area contributed by atoms with Crippen LogP contribution >= 0.6 is 18.2 Å². The van der Waals surface area contributed by atoms with Gasteiger partial charge in [-0.25, -0.2) is 4.57 Å². The van der Waals surface area contributed by atoms with Crippen molar-refractivity contribution in [2.45, 2.75) is 40.7 Å². The molecule has 0 aliphatic heterocycles. The van der Waals surface area contributed by atoms with E-state index >= 15 is 0 Å². The number of hydrogen-bond acceptors (Lipinski definition) is 5. The minimum atomic E-state index is -2.91. The fourth-order valence-electron chi connectivity index (χ4n) is 1.25. The third-order valence-corrected chi connectivity index (χ3v) is 6.08. The lowest BCUT2D eigenvalue weighted by molar-refractivity contribution is 0.236. The van der Waals surface area contributed by atoms with Crippen molar-refractivity contribution in [3.05, 3.63) is 0 Å². The molecule has 0 radical (unpaired) electrons. The second-order valence-corrected chi connectivity index (χ2v) is 9.46. The standard InChI is InChI=1S/C10H24NO3PS.C2H8Si/c1-5-11(6-2)9-10-16-15(12,13-7-3)14-8-4;1-2-3/h5-10H2,1-4H3;2H2,1,3H3. The molecule has 0 fully saturated rings. The molecule has 19 heavy (non-hydrogen) atoms. The average Bonchev–Trinajstić information content (AvgIpc) is 2.36. The second kappa shape index (κ2) is 15.1. The van der Waals surface area contributed by atoms with Gasteiger partial charge in [0.05, 0.1) is 13.2 Å². The highest BCUT2D eigenvalue weighted by molar-refractivity contribution is 8.55. The Morgan fingerprint density at radius 2 is 1.47 bits per heavy atom. The van der Waals surface area contributed by atoms with Gasteiger partial charge < -0.3 is 13.9 Å². The largest absolute Gasteiger partial charge is 0.389 e. The first-order chi connectivity index (χ1) is 9.03. The number of rotatable bonds is 10. The van der Waals surface area contributed by atoms with Crippen molar-refractivity contribution in [3.63, 3.8) is 0 Å². The van der Waals surface area contributed by atoms with Gasteiger partial charge >= 0.3 is 6.80 Å². The normalized spacial score (nSPS) is 11.5. The lowest BCUT2D eigenvalue weighted by atomic mass is 10.5. The van der Waals surface area contributed by atoms with Gasteiger partial charge in [0.1, 0.15) is 0 Å². The van der Waals surface area contributed by atoms with Gasteiger partial charge in [0.15, 0.2) is 0 Å². The molecule has 0 saturated heterocycles. The summed E-state index contributed by atoms with van der Waals surface area (Å²) in [6.07, 6.45) is 0. The molecule has 7 heteroatoms. The molecule has 0 bridgehead atoms. The molecule has 118 valence electrons. The predicted octanol–water partition coefficient (Wildman–Crippen LogP) is 3.03. The summed E-state index contributed by atoms with van der Waals surface area (Å²) in [6.45, 7) is 11.0. The van der Waals surface area contributed by atoms with E-state index in [2.05, 4.69) is 25.7 Å². The summed E-state index contributed by atoms with van der Waals surface area (Å²) in [4.78, 5) is 2.29. The summed E-state index contributed by atoms with van der Waals surface area (Å²) in [7, 11) is 1.37. The van der Waals surface area contributed by atoms with Crippen LogP contribution in [0.25, 0.3) is 0 Å². The van der Waals surface area contributed by atoms with Gasteiger partial charge in [0, 0.05) is 22.5 Å². The smallest absolute Gasteiger partial charge is 0.303 e. The van der Waals surface area contributed by atoms with E-state index in [0.717, 1.165) is 25.4 Å². The van der Waals surface area contributed by atoms with E-state index in [1.54, 1.807) is 0 Å². The minimum absolute atomic E-state index is 0.426. The second-order valence-electron chi connectivity index (χ2n) is 3.85. The maximum absolute atomic E-state index is 12.1. The maximum atomic E-state index is 12.1. The summed E-state index contributed by atoms with van der Waals surface area (Å²) in [5.41, 5.74) is 0. The Morgan fingerprint density at radius 1 is 1.05 bits per heavy atom. The van der Waals surface area contributed by atoms with E-state index in [1.807, 2.05) is 13.8 Å². The summed E-state index contributed by atoms with van der Waals surface area (Å²) in [5.74, 6) is 0.777. The maximum Gasteiger partial charge on any atom is 0.389 e. The van der Waals surface area contributed by atoms with Crippen LogP contribution < -0.4 is 0 Å². The van der Waals surface area contributed by atoms with E-state index < -0.39 is 6.80 Å². The SMILES string of the molecule is CCOP(=O)(OCC)SCCN(CC)CC.CC[SiH3]. The zero-order valence-corrected chi connectivity index (χ0v) is 17.2. The Hall–Kier alpha value is 0.677. The van der Waals surface area contributed by atoms with Crippen LogP contribution in [0.5, 0.6) is 0 Å². The lowest BCUT2D eigenvalue weighted by Crippen LogP contribution is -2.25. The van der Waals surface area contributed by atoms with Gasteiger partial charge in [-0.05, 0) is 38.3 Å². The Labute approximate surface area is 126 Å². The van der Waals surface area contributed by atoms with Crippen LogP contribution in [-0.4, -0.2) is 53.7 Å². The highest BCUT2D eigenvalue weighted by Gasteiger charge is 2.24. The molecular formula is C12H32NO3PSSi. The van der Waals surface area contributed by atoms with Crippen LogP contribution in [-0.2, 0) is 13.6 Å². The van der Waals surface area contributed by atoms with Crippen molar-refractivity contribution in [1.82, 2.24) is 4.90 Å². The molecule has 0 saturated carbocycles. The lowest BCUT2D eigenvalue weighted by Gasteiger charge is -2.20. The fourth-order valence-corrected chi connectivity index (χ4v) is 4.66. The molecule has 0 N–H and O–H groups in total. The van der Waals surface area contributed by atoms with E-state index in [1.165, 1.54) is 27.7 Å². The van der Waals surface area contributed by atoms with Crippen LogP contribution in [0, 0.1) is 0 Å². The first-order valence-corrected chi connectivity index (χ1v) is 11.8. The predicted molar refractivity (Wildman–Crippen MR) is 91.5 cm³/mol. The molecular weight excluding hydrogens is 297 g/mol. The molecule has 0 unspecified atom stereocenters. The Bertz CT molecular complexity index is 221. The molecule has 0 aromatic carbocycles. The Kier molecular flexibility index (Phi) is 17.4. The van der Waals surface area contributed by atoms with Crippen LogP contribution in [0.2, 0.25) is 6.04 Å². The van der Waals surface area contributed by atoms with Crippen LogP contribution in [0.3, 0.4) is 0 Å². The Balaban J connectivity index is 0. The average molecular weight is 330 g/mol. The quantitative estimate of drug-likeness (QED) is 0.455. The number of nitrogens with zero attached hydrogens (tertiary/aromatic N) is 1. The number of hydrogen-bond donors (Lipinski definition) is 0. The molecule has 0 amide bonds. The van der Waals surface area contributed by atoms with E-state index in [0.29, 0.717) is 13.2 Å². The molecule has 0 aromatic heterocycles. The van der Waals surface area contributed by atoms with Crippen molar-refractivity contribution < 1.29 is 13.6 Å². The first kappa shape index (κ1) is 22.0. The molecule has 0 rings (SSSR count). The molecule has 0 aliphatic carbocycles. The zero-order chi connectivity index (χ0) is 15.1. The molecule has 0 aromatic rings. The highest BCUT2D eigenvalue weighted by Crippen LogP contribution is 2.60. The van der Waals surface area contributed by atoms with Gasteiger partial charge in [-0.15, -0.1) is 0 Å². The molecule has 0 spiro atoms. The van der Waals surface area contributed by atoms with Gasteiger partial charge in [-0.3, -0.25) is 0 Å². The molecule has 0 heterocycles. The van der Waals surface area contributed by atoms with Crippen molar-refractivity contribution in [1.29, 1.82) is 0 Å². The van der Waals surface area contributed by atoms with Crippen LogP contribution in [0.1, 0.15) is 34.6 Å². The van der Waals surface area contributed by atoms with Crippen LogP contribution in [0.15, 0.2) is 0 Å². The van der Waals surface area contributed by atoms with Gasteiger partial charge in [0.25, 0.3) is 0 Å². The monoisotopic (exact) mass is 329 g/mol. The van der Waals surface area contributed by atoms with E-state index in [4.69, 9.17) is 9.05 Å². The fraction of sp³-hybridized carbons (Fsp3) is 1.00. The summed E-state index contributed by atoms with van der Waals surface area (Å²) in [5, 5.41) is 0. The molecule has 0 atom stereocenters. The summed E-state index contributed by atoms with van der Waals surface area (Å²) < 4.78 is 22.5. The molecule has 0 aliphatic rings. The summed E-state index contributed by atoms with van der Waals surface area (Å²) >= 11 is 1.30. The first-order valence-electron chi connectivity index (χ1n) is 7.29. The highest BCUT2D eigenvalue weighted by atomic mass is 32.7. The van der Waals surface area contributed by atoms with Crippen molar-refractivity contribution in [2.75, 3.05) is 38.6 Å². The minimum Gasteiger partial charge on any atom is -0.303 e. The van der Waals surface area contributed by atoms with Crippen molar-refractivity contribution in [3.8, 4) is 0 Å². The van der Waals surface area contributed by atoms with Gasteiger partial charge in [-0.1, -0.05) is 26.8 Å². The third kappa shape index (κ3) is 13.4. The van der Waals surface area contributed by atoms with E-state index in [-0.39, 0.29) is 0 Å². The van der Waals surface area contributed by atoms with Crippen molar-refractivity contribution >= 4 is 28.4 Å². The van der Waals surface area contributed by atoms with Crippen LogP contribution in [0.4, 0.5) is 0 Å². The zero-order valence-electron chi connectivity index (χ0n) is 13.5. The van der Waals surface area contributed by atoms with Crippen molar-refractivity contribution in [2.24, 2.45) is 0 Å². The molecule has 4 nitrogen and oxygen atoms in total. The third-order valence-electron chi connectivity index (χ3n) is 2.13. The van der Waals surface area contributed by atoms with Gasteiger partial charge in [-0.2, -0.15) is 0 Å².